The van der Waals surface area contributed by atoms with Crippen molar-refractivity contribution in [2.24, 2.45) is 0 Å². The number of rotatable bonds is 5. The number of amides is 1. The highest BCUT2D eigenvalue weighted by Gasteiger charge is 2.21. The molecule has 1 amide bonds. The first kappa shape index (κ1) is 15.8. The standard InChI is InChI=1S/C14H14N4O3S/c1-22-12(9-5-3-2-4-6-9)14(19)17-11-8-7-10(18(20)21)13(15)16-11/h2-8,12H,1H3,(H3,15,16,17,19). The van der Waals surface area contributed by atoms with E-state index in [2.05, 4.69) is 10.3 Å². The number of carbonyl (C=O) groups excluding carboxylic acids is 1. The van der Waals surface area contributed by atoms with Gasteiger partial charge in [-0.2, -0.15) is 0 Å². The number of benzene rings is 1. The SMILES string of the molecule is CSC(C(=O)Nc1ccc([N+](=O)[O-])c(N)n1)c1ccccc1. The number of hydrogen-bond donors (Lipinski definition) is 2. The maximum atomic E-state index is 12.3. The van der Waals surface area contributed by atoms with Crippen LogP contribution in [0, 0.1) is 10.1 Å². The number of hydrogen-bond acceptors (Lipinski definition) is 6. The molecule has 0 spiro atoms. The van der Waals surface area contributed by atoms with Crippen LogP contribution in [0.4, 0.5) is 17.3 Å². The number of carbonyl (C=O) groups is 1. The summed E-state index contributed by atoms with van der Waals surface area (Å²) < 4.78 is 0. The van der Waals surface area contributed by atoms with E-state index >= 15 is 0 Å². The molecule has 1 atom stereocenters. The van der Waals surface area contributed by atoms with Crippen molar-refractivity contribution in [1.82, 2.24) is 4.98 Å². The molecule has 0 aliphatic heterocycles. The molecule has 1 unspecified atom stereocenters. The smallest absolute Gasteiger partial charge is 0.311 e. The zero-order valence-corrected chi connectivity index (χ0v) is 12.5. The van der Waals surface area contributed by atoms with Gasteiger partial charge in [-0.15, -0.1) is 11.8 Å². The molecule has 114 valence electrons. The van der Waals surface area contributed by atoms with Crippen LogP contribution in [0.5, 0.6) is 0 Å². The van der Waals surface area contributed by atoms with E-state index in [4.69, 9.17) is 5.73 Å². The predicted octanol–water partition coefficient (Wildman–Crippen LogP) is 2.61. The second-order valence-corrected chi connectivity index (χ2v) is 5.32. The third-order valence-electron chi connectivity index (χ3n) is 2.93. The number of nitrogens with two attached hydrogens (primary N) is 1. The van der Waals surface area contributed by atoms with Gasteiger partial charge in [0.1, 0.15) is 11.1 Å². The van der Waals surface area contributed by atoms with E-state index in [-0.39, 0.29) is 23.2 Å². The monoisotopic (exact) mass is 318 g/mol. The normalized spacial score (nSPS) is 11.7. The molecule has 2 aromatic rings. The molecular formula is C14H14N4O3S. The van der Waals surface area contributed by atoms with Crippen LogP contribution in [0.15, 0.2) is 42.5 Å². The number of aromatic nitrogens is 1. The van der Waals surface area contributed by atoms with Crippen molar-refractivity contribution in [3.63, 3.8) is 0 Å². The summed E-state index contributed by atoms with van der Waals surface area (Å²) in [6.07, 6.45) is 1.83. The molecule has 8 heteroatoms. The summed E-state index contributed by atoms with van der Waals surface area (Å²) in [6, 6.07) is 11.9. The Morgan fingerprint density at radius 1 is 1.32 bits per heavy atom. The maximum absolute atomic E-state index is 12.3. The number of thioether (sulfide) groups is 1. The highest BCUT2D eigenvalue weighted by Crippen LogP contribution is 2.28. The van der Waals surface area contributed by atoms with Crippen molar-refractivity contribution in [2.45, 2.75) is 5.25 Å². The molecule has 3 N–H and O–H groups in total. The van der Waals surface area contributed by atoms with Crippen molar-refractivity contribution in [1.29, 1.82) is 0 Å². The number of nitrogen functional groups attached to an aromatic ring is 1. The van der Waals surface area contributed by atoms with Gasteiger partial charge in [-0.25, -0.2) is 4.98 Å². The van der Waals surface area contributed by atoms with Gasteiger partial charge in [-0.3, -0.25) is 14.9 Å². The van der Waals surface area contributed by atoms with Crippen molar-refractivity contribution in [3.05, 3.63) is 58.1 Å². The molecule has 22 heavy (non-hydrogen) atoms. The summed E-state index contributed by atoms with van der Waals surface area (Å²) in [5.74, 6) is -0.314. The fraction of sp³-hybridized carbons (Fsp3) is 0.143. The minimum atomic E-state index is -0.622. The Hall–Kier alpha value is -2.61. The Kier molecular flexibility index (Phi) is 4.95. The van der Waals surface area contributed by atoms with Gasteiger partial charge in [-0.05, 0) is 17.9 Å². The topological polar surface area (TPSA) is 111 Å². The first-order chi connectivity index (χ1) is 10.5. The lowest BCUT2D eigenvalue weighted by Crippen LogP contribution is -2.19. The Balaban J connectivity index is 2.17. The molecule has 0 saturated heterocycles. The molecule has 7 nitrogen and oxygen atoms in total. The van der Waals surface area contributed by atoms with Gasteiger partial charge in [0.25, 0.3) is 0 Å². The highest BCUT2D eigenvalue weighted by atomic mass is 32.2. The zero-order chi connectivity index (χ0) is 16.1. The van der Waals surface area contributed by atoms with E-state index < -0.39 is 10.2 Å². The predicted molar refractivity (Wildman–Crippen MR) is 86.6 cm³/mol. The number of anilines is 2. The van der Waals surface area contributed by atoms with Gasteiger partial charge < -0.3 is 11.1 Å². The molecule has 0 bridgehead atoms. The third kappa shape index (κ3) is 3.53. The van der Waals surface area contributed by atoms with E-state index in [9.17, 15) is 14.9 Å². The second kappa shape index (κ2) is 6.90. The quantitative estimate of drug-likeness (QED) is 0.647. The summed E-state index contributed by atoms with van der Waals surface area (Å²) >= 11 is 1.38. The Bertz CT molecular complexity index is 694. The molecule has 0 radical (unpaired) electrons. The van der Waals surface area contributed by atoms with E-state index in [1.54, 1.807) is 0 Å². The van der Waals surface area contributed by atoms with Crippen LogP contribution in [0.2, 0.25) is 0 Å². The van der Waals surface area contributed by atoms with Crippen LogP contribution in [-0.4, -0.2) is 22.1 Å². The summed E-state index contributed by atoms with van der Waals surface area (Å²) in [5, 5.41) is 12.9. The van der Waals surface area contributed by atoms with Crippen LogP contribution in [0.1, 0.15) is 10.8 Å². The van der Waals surface area contributed by atoms with Crippen LogP contribution in [0.3, 0.4) is 0 Å². The minimum absolute atomic E-state index is 0.183. The van der Waals surface area contributed by atoms with Gasteiger partial charge in [0.15, 0.2) is 0 Å². The van der Waals surface area contributed by atoms with Gasteiger partial charge in [0, 0.05) is 6.07 Å². The largest absolute Gasteiger partial charge is 0.378 e. The summed E-state index contributed by atoms with van der Waals surface area (Å²) in [4.78, 5) is 26.2. The molecule has 1 aromatic carbocycles. The van der Waals surface area contributed by atoms with Crippen LogP contribution < -0.4 is 11.1 Å². The summed E-state index contributed by atoms with van der Waals surface area (Å²) in [5.41, 5.74) is 6.08. The van der Waals surface area contributed by atoms with Crippen LogP contribution in [-0.2, 0) is 4.79 Å². The minimum Gasteiger partial charge on any atom is -0.378 e. The molecular weight excluding hydrogens is 304 g/mol. The van der Waals surface area contributed by atoms with Crippen molar-refractivity contribution in [3.8, 4) is 0 Å². The number of nitrogens with one attached hydrogen (secondary N) is 1. The fourth-order valence-electron chi connectivity index (χ4n) is 1.91. The van der Waals surface area contributed by atoms with Crippen molar-refractivity contribution >= 4 is 35.0 Å². The fourth-order valence-corrected chi connectivity index (χ4v) is 2.61. The lowest BCUT2D eigenvalue weighted by atomic mass is 10.1. The van der Waals surface area contributed by atoms with Gasteiger partial charge >= 0.3 is 5.69 Å². The number of pyridine rings is 1. The van der Waals surface area contributed by atoms with Gasteiger partial charge in [0.05, 0.1) is 4.92 Å². The summed E-state index contributed by atoms with van der Waals surface area (Å²) in [6.45, 7) is 0. The van der Waals surface area contributed by atoms with E-state index in [1.165, 1.54) is 23.9 Å². The molecule has 1 heterocycles. The molecule has 1 aromatic heterocycles. The van der Waals surface area contributed by atoms with E-state index in [0.717, 1.165) is 5.56 Å². The first-order valence-corrected chi connectivity index (χ1v) is 7.61. The number of nitro groups is 1. The van der Waals surface area contributed by atoms with Gasteiger partial charge in [-0.1, -0.05) is 30.3 Å². The lowest BCUT2D eigenvalue weighted by Gasteiger charge is -2.14. The molecule has 2 rings (SSSR count). The Morgan fingerprint density at radius 2 is 2.00 bits per heavy atom. The Morgan fingerprint density at radius 3 is 2.55 bits per heavy atom. The Labute approximate surface area is 131 Å². The molecule has 0 saturated carbocycles. The summed E-state index contributed by atoms with van der Waals surface area (Å²) in [7, 11) is 0. The number of nitrogens with zero attached hydrogens (tertiary/aromatic N) is 2. The first-order valence-electron chi connectivity index (χ1n) is 6.32. The average Bonchev–Trinajstić information content (AvgIpc) is 2.48. The zero-order valence-electron chi connectivity index (χ0n) is 11.7. The van der Waals surface area contributed by atoms with Crippen molar-refractivity contribution in [2.75, 3.05) is 17.3 Å². The molecule has 0 aliphatic rings. The van der Waals surface area contributed by atoms with Crippen LogP contribution in [0.25, 0.3) is 0 Å². The third-order valence-corrected chi connectivity index (χ3v) is 3.88. The lowest BCUT2D eigenvalue weighted by molar-refractivity contribution is -0.384. The van der Waals surface area contributed by atoms with Crippen LogP contribution >= 0.6 is 11.8 Å². The van der Waals surface area contributed by atoms with E-state index in [1.807, 2.05) is 36.6 Å². The molecule has 0 aliphatic carbocycles. The maximum Gasteiger partial charge on any atom is 0.311 e. The average molecular weight is 318 g/mol. The highest BCUT2D eigenvalue weighted by molar-refractivity contribution is 7.99. The molecule has 0 fully saturated rings. The van der Waals surface area contributed by atoms with Crippen molar-refractivity contribution < 1.29 is 9.72 Å². The van der Waals surface area contributed by atoms with Gasteiger partial charge in [0.2, 0.25) is 11.7 Å². The van der Waals surface area contributed by atoms with E-state index in [0.29, 0.717) is 0 Å². The second-order valence-electron chi connectivity index (χ2n) is 4.37.